The Morgan fingerprint density at radius 1 is 0.972 bits per heavy atom. The van der Waals surface area contributed by atoms with Crippen LogP contribution < -0.4 is 20.1 Å². The van der Waals surface area contributed by atoms with Crippen LogP contribution in [0.4, 0.5) is 5.69 Å². The maximum atomic E-state index is 12.4. The number of hydrogen-bond acceptors (Lipinski definition) is 7. The second-order valence-electron chi connectivity index (χ2n) is 8.77. The molecule has 192 valence electrons. The summed E-state index contributed by atoms with van der Waals surface area (Å²) in [5, 5.41) is 16.6. The monoisotopic (exact) mass is 511 g/mol. The van der Waals surface area contributed by atoms with Gasteiger partial charge >= 0.3 is 0 Å². The molecular weight excluding hydrogens is 478 g/mol. The highest BCUT2D eigenvalue weighted by atomic mass is 32.2. The van der Waals surface area contributed by atoms with Crippen molar-refractivity contribution >= 4 is 21.6 Å². The zero-order chi connectivity index (χ0) is 26.1. The number of amides is 1. The molecular formula is C27H33N3O5S. The minimum atomic E-state index is -3.67. The summed E-state index contributed by atoms with van der Waals surface area (Å²) in [4.78, 5) is 12.4. The first-order valence-electron chi connectivity index (χ1n) is 11.7. The van der Waals surface area contributed by atoms with Crippen molar-refractivity contribution in [2.24, 2.45) is 0 Å². The average molecular weight is 512 g/mol. The van der Waals surface area contributed by atoms with Gasteiger partial charge in [0.15, 0.2) is 0 Å². The molecule has 3 aromatic rings. The molecule has 3 aromatic carbocycles. The lowest BCUT2D eigenvalue weighted by Gasteiger charge is -2.16. The molecule has 0 fully saturated rings. The quantitative estimate of drug-likeness (QED) is 0.275. The van der Waals surface area contributed by atoms with Gasteiger partial charge in [-0.15, -0.1) is 0 Å². The summed E-state index contributed by atoms with van der Waals surface area (Å²) in [6.07, 6.45) is 0.382. The maximum absolute atomic E-state index is 12.4. The first-order chi connectivity index (χ1) is 17.1. The van der Waals surface area contributed by atoms with E-state index in [1.54, 1.807) is 12.1 Å². The number of carbonyl (C=O) groups excluding carboxylic acids is 1. The minimum absolute atomic E-state index is 0.0447. The molecule has 4 N–H and O–H groups in total. The number of aliphatic hydroxyl groups excluding tert-OH is 1. The van der Waals surface area contributed by atoms with Crippen molar-refractivity contribution in [1.82, 2.24) is 10.0 Å². The van der Waals surface area contributed by atoms with Crippen LogP contribution in [0.3, 0.4) is 0 Å². The van der Waals surface area contributed by atoms with Crippen LogP contribution in [0.2, 0.25) is 0 Å². The maximum Gasteiger partial charge on any atom is 0.266 e. The molecule has 3 rings (SSSR count). The van der Waals surface area contributed by atoms with Crippen LogP contribution in [0, 0.1) is 0 Å². The summed E-state index contributed by atoms with van der Waals surface area (Å²) in [6, 6.07) is 22.3. The highest BCUT2D eigenvalue weighted by Crippen LogP contribution is 2.28. The molecule has 0 unspecified atom stereocenters. The van der Waals surface area contributed by atoms with Crippen LogP contribution in [0.1, 0.15) is 35.9 Å². The van der Waals surface area contributed by atoms with Gasteiger partial charge in [0.1, 0.15) is 12.4 Å². The molecule has 0 saturated heterocycles. The van der Waals surface area contributed by atoms with Crippen LogP contribution in [0.15, 0.2) is 72.8 Å². The lowest BCUT2D eigenvalue weighted by atomic mass is 10.0. The van der Waals surface area contributed by atoms with Crippen molar-refractivity contribution in [2.75, 3.05) is 31.3 Å². The Morgan fingerprint density at radius 3 is 2.28 bits per heavy atom. The second-order valence-corrected chi connectivity index (χ2v) is 10.5. The summed E-state index contributed by atoms with van der Waals surface area (Å²) >= 11 is 0. The van der Waals surface area contributed by atoms with Crippen LogP contribution in [-0.4, -0.2) is 51.4 Å². The number of aliphatic hydroxyl groups is 1. The van der Waals surface area contributed by atoms with Gasteiger partial charge in [-0.05, 0) is 54.8 Å². The Bertz CT molecular complexity index is 1250. The van der Waals surface area contributed by atoms with Crippen molar-refractivity contribution in [2.45, 2.75) is 26.0 Å². The molecule has 0 bridgehead atoms. The summed E-state index contributed by atoms with van der Waals surface area (Å²) in [5.41, 5.74) is 3.47. The fourth-order valence-electron chi connectivity index (χ4n) is 3.59. The van der Waals surface area contributed by atoms with E-state index < -0.39 is 22.0 Å². The Hall–Kier alpha value is -3.40. The van der Waals surface area contributed by atoms with Gasteiger partial charge in [-0.3, -0.25) is 4.79 Å². The summed E-state index contributed by atoms with van der Waals surface area (Å²) in [5.74, 6) is 0.0367. The number of sulfonamides is 1. The summed E-state index contributed by atoms with van der Waals surface area (Å²) < 4.78 is 30.8. The van der Waals surface area contributed by atoms with Gasteiger partial charge < -0.3 is 20.5 Å². The van der Waals surface area contributed by atoms with Crippen molar-refractivity contribution in [3.05, 3.63) is 83.9 Å². The molecule has 0 heterocycles. The van der Waals surface area contributed by atoms with E-state index in [1.807, 2.05) is 79.2 Å². The fourth-order valence-corrected chi connectivity index (χ4v) is 4.04. The Kier molecular flexibility index (Phi) is 9.46. The SMILES string of the molecule is CC(C)Nc1cc(-c2ccc(OCCNC[C@@H](O)c3ccccc3)cc2)ccc1C(=O)NS(C)(=O)=O. The predicted octanol–water partition coefficient (Wildman–Crippen LogP) is 3.57. The zero-order valence-corrected chi connectivity index (χ0v) is 21.5. The molecule has 0 radical (unpaired) electrons. The molecule has 8 nitrogen and oxygen atoms in total. The highest BCUT2D eigenvalue weighted by molar-refractivity contribution is 7.89. The zero-order valence-electron chi connectivity index (χ0n) is 20.7. The van der Waals surface area contributed by atoms with E-state index in [4.69, 9.17) is 4.74 Å². The third-order valence-electron chi connectivity index (χ3n) is 5.24. The molecule has 0 aliphatic heterocycles. The summed E-state index contributed by atoms with van der Waals surface area (Å²) in [6.45, 7) is 5.36. The molecule has 36 heavy (non-hydrogen) atoms. The highest BCUT2D eigenvalue weighted by Gasteiger charge is 2.17. The molecule has 0 aliphatic rings. The van der Waals surface area contributed by atoms with Crippen LogP contribution in [0.5, 0.6) is 5.75 Å². The van der Waals surface area contributed by atoms with Crippen molar-refractivity contribution in [3.8, 4) is 16.9 Å². The van der Waals surface area contributed by atoms with E-state index >= 15 is 0 Å². The van der Waals surface area contributed by atoms with Crippen LogP contribution in [-0.2, 0) is 10.0 Å². The van der Waals surface area contributed by atoms with Gasteiger partial charge in [0.05, 0.1) is 17.9 Å². The molecule has 0 saturated carbocycles. The van der Waals surface area contributed by atoms with Gasteiger partial charge in [0.2, 0.25) is 10.0 Å². The Morgan fingerprint density at radius 2 is 1.64 bits per heavy atom. The first kappa shape index (κ1) is 27.2. The van der Waals surface area contributed by atoms with Gasteiger partial charge in [-0.25, -0.2) is 13.1 Å². The molecule has 0 aliphatic carbocycles. The van der Waals surface area contributed by atoms with E-state index in [9.17, 15) is 18.3 Å². The van der Waals surface area contributed by atoms with Gasteiger partial charge in [-0.2, -0.15) is 0 Å². The van der Waals surface area contributed by atoms with E-state index in [0.29, 0.717) is 31.1 Å². The van der Waals surface area contributed by atoms with Gasteiger partial charge in [0.25, 0.3) is 5.91 Å². The fraction of sp³-hybridized carbons (Fsp3) is 0.296. The Balaban J connectivity index is 1.58. The number of rotatable bonds is 12. The normalized spacial score (nSPS) is 12.2. The number of carbonyl (C=O) groups is 1. The molecule has 1 amide bonds. The smallest absolute Gasteiger partial charge is 0.266 e. The van der Waals surface area contributed by atoms with Crippen LogP contribution >= 0.6 is 0 Å². The summed E-state index contributed by atoms with van der Waals surface area (Å²) in [7, 11) is -3.67. The van der Waals surface area contributed by atoms with E-state index in [0.717, 1.165) is 22.9 Å². The Labute approximate surface area is 212 Å². The third kappa shape index (κ3) is 8.37. The van der Waals surface area contributed by atoms with E-state index in [1.165, 1.54) is 0 Å². The van der Waals surface area contributed by atoms with Crippen molar-refractivity contribution in [3.63, 3.8) is 0 Å². The molecule has 9 heteroatoms. The number of hydrogen-bond donors (Lipinski definition) is 4. The molecule has 1 atom stereocenters. The number of nitrogens with one attached hydrogen (secondary N) is 3. The van der Waals surface area contributed by atoms with E-state index in [2.05, 4.69) is 10.6 Å². The first-order valence-corrected chi connectivity index (χ1v) is 13.6. The molecule has 0 spiro atoms. The minimum Gasteiger partial charge on any atom is -0.492 e. The predicted molar refractivity (Wildman–Crippen MR) is 143 cm³/mol. The lowest BCUT2D eigenvalue weighted by molar-refractivity contribution is 0.0982. The standard InChI is InChI=1S/C27H33N3O5S/c1-19(2)29-25-17-22(11-14-24(25)27(32)30-36(3,33)34)20-9-12-23(13-10-20)35-16-15-28-18-26(31)21-7-5-4-6-8-21/h4-14,17,19,26,28-29,31H,15-16,18H2,1-3H3,(H,30,32)/t26-/m1/s1. The third-order valence-corrected chi connectivity index (χ3v) is 5.80. The lowest BCUT2D eigenvalue weighted by Crippen LogP contribution is -2.30. The van der Waals surface area contributed by atoms with Crippen LogP contribution in [0.25, 0.3) is 11.1 Å². The van der Waals surface area contributed by atoms with Gasteiger partial charge in [-0.1, -0.05) is 48.5 Å². The van der Waals surface area contributed by atoms with Gasteiger partial charge in [0, 0.05) is 24.8 Å². The van der Waals surface area contributed by atoms with Crippen molar-refractivity contribution in [1.29, 1.82) is 0 Å². The molecule has 0 aromatic heterocycles. The second kappa shape index (κ2) is 12.5. The average Bonchev–Trinajstić information content (AvgIpc) is 2.83. The topological polar surface area (TPSA) is 117 Å². The largest absolute Gasteiger partial charge is 0.492 e. The number of benzene rings is 3. The van der Waals surface area contributed by atoms with Crippen molar-refractivity contribution < 1.29 is 23.1 Å². The van der Waals surface area contributed by atoms with E-state index in [-0.39, 0.29) is 11.6 Å². The number of ether oxygens (including phenoxy) is 1. The number of anilines is 1.